The van der Waals surface area contributed by atoms with E-state index in [1.54, 1.807) is 6.92 Å². The van der Waals surface area contributed by atoms with Crippen molar-refractivity contribution in [3.63, 3.8) is 0 Å². The Balaban J connectivity index is 1.53. The number of hydrogen-bond donors (Lipinski definition) is 1. The maximum absolute atomic E-state index is 12.1. The number of hydrogen-bond acceptors (Lipinski definition) is 7. The molecule has 1 saturated carbocycles. The van der Waals surface area contributed by atoms with Crippen molar-refractivity contribution in [1.82, 2.24) is 10.2 Å². The number of anilines is 1. The molecule has 0 saturated heterocycles. The van der Waals surface area contributed by atoms with Crippen LogP contribution in [0, 0.1) is 17.0 Å². The van der Waals surface area contributed by atoms with Gasteiger partial charge in [-0.3, -0.25) is 14.9 Å². The van der Waals surface area contributed by atoms with Gasteiger partial charge in [0.2, 0.25) is 11.8 Å². The van der Waals surface area contributed by atoms with Gasteiger partial charge in [-0.15, -0.1) is 10.2 Å². The molecule has 0 aliphatic heterocycles. The van der Waals surface area contributed by atoms with Crippen LogP contribution in [0.2, 0.25) is 0 Å². The standard InChI is InChI=1S/C17H20N4O4S/c1-11-9-13(21(23)24)7-8-14(11)18-15(22)10-26-17-20-19-16(25-17)12-5-3-2-4-6-12/h7-9,12H,2-6,10H2,1H3,(H,18,22). The first-order valence-corrected chi connectivity index (χ1v) is 9.52. The second-order valence-corrected chi connectivity index (χ2v) is 7.26. The maximum atomic E-state index is 12.1. The minimum atomic E-state index is -0.464. The number of non-ortho nitro benzene ring substituents is 1. The number of thioether (sulfide) groups is 1. The molecule has 0 atom stereocenters. The number of aryl methyl sites for hydroxylation is 1. The summed E-state index contributed by atoms with van der Waals surface area (Å²) in [7, 11) is 0. The molecule has 1 aromatic heterocycles. The van der Waals surface area contributed by atoms with Crippen molar-refractivity contribution in [2.24, 2.45) is 0 Å². The third-order valence-corrected chi connectivity index (χ3v) is 5.22. The lowest BCUT2D eigenvalue weighted by Crippen LogP contribution is -2.14. The summed E-state index contributed by atoms with van der Waals surface area (Å²) in [4.78, 5) is 22.4. The van der Waals surface area contributed by atoms with Crippen molar-refractivity contribution in [2.75, 3.05) is 11.1 Å². The molecule has 1 aromatic carbocycles. The Bertz CT molecular complexity index is 802. The summed E-state index contributed by atoms with van der Waals surface area (Å²) in [5.41, 5.74) is 1.18. The Labute approximate surface area is 154 Å². The monoisotopic (exact) mass is 376 g/mol. The van der Waals surface area contributed by atoms with Crippen LogP contribution < -0.4 is 5.32 Å². The van der Waals surface area contributed by atoms with Gasteiger partial charge < -0.3 is 9.73 Å². The van der Waals surface area contributed by atoms with Crippen LogP contribution in [0.5, 0.6) is 0 Å². The number of benzene rings is 1. The summed E-state index contributed by atoms with van der Waals surface area (Å²) < 4.78 is 5.68. The van der Waals surface area contributed by atoms with Crippen LogP contribution in [-0.4, -0.2) is 26.8 Å². The normalized spacial score (nSPS) is 15.0. The van der Waals surface area contributed by atoms with Gasteiger partial charge in [-0.1, -0.05) is 31.0 Å². The second kappa shape index (κ2) is 8.31. The number of carbonyl (C=O) groups excluding carboxylic acids is 1. The van der Waals surface area contributed by atoms with Crippen molar-refractivity contribution >= 4 is 29.0 Å². The number of carbonyl (C=O) groups is 1. The van der Waals surface area contributed by atoms with Crippen LogP contribution in [-0.2, 0) is 4.79 Å². The first-order valence-electron chi connectivity index (χ1n) is 8.54. The molecule has 1 amide bonds. The van der Waals surface area contributed by atoms with Crippen molar-refractivity contribution in [3.05, 3.63) is 39.8 Å². The van der Waals surface area contributed by atoms with Gasteiger partial charge in [0.1, 0.15) is 0 Å². The van der Waals surface area contributed by atoms with E-state index in [4.69, 9.17) is 4.42 Å². The van der Waals surface area contributed by atoms with Crippen LogP contribution in [0.3, 0.4) is 0 Å². The number of aromatic nitrogens is 2. The summed E-state index contributed by atoms with van der Waals surface area (Å²) in [5, 5.41) is 22.0. The Morgan fingerprint density at radius 2 is 2.12 bits per heavy atom. The van der Waals surface area contributed by atoms with Gasteiger partial charge in [0.05, 0.1) is 10.7 Å². The van der Waals surface area contributed by atoms with E-state index >= 15 is 0 Å². The minimum Gasteiger partial charge on any atom is -0.416 e. The zero-order chi connectivity index (χ0) is 18.5. The molecule has 2 aromatic rings. The molecule has 0 radical (unpaired) electrons. The molecule has 138 valence electrons. The van der Waals surface area contributed by atoms with E-state index in [9.17, 15) is 14.9 Å². The fourth-order valence-corrected chi connectivity index (χ4v) is 3.58. The van der Waals surface area contributed by atoms with Gasteiger partial charge in [0.15, 0.2) is 0 Å². The fourth-order valence-electron chi connectivity index (χ4n) is 3.01. The second-order valence-electron chi connectivity index (χ2n) is 6.33. The molecule has 1 fully saturated rings. The molecule has 3 rings (SSSR count). The number of nitro benzene ring substituents is 1. The molecule has 1 heterocycles. The summed E-state index contributed by atoms with van der Waals surface area (Å²) in [6.45, 7) is 1.71. The molecule has 26 heavy (non-hydrogen) atoms. The molecule has 8 nitrogen and oxygen atoms in total. The third-order valence-electron chi connectivity index (χ3n) is 4.40. The maximum Gasteiger partial charge on any atom is 0.277 e. The molecule has 1 N–H and O–H groups in total. The van der Waals surface area contributed by atoms with E-state index in [-0.39, 0.29) is 17.3 Å². The van der Waals surface area contributed by atoms with E-state index in [0.29, 0.717) is 28.3 Å². The lowest BCUT2D eigenvalue weighted by Gasteiger charge is -2.17. The van der Waals surface area contributed by atoms with Crippen molar-refractivity contribution in [1.29, 1.82) is 0 Å². The number of nitrogens with zero attached hydrogens (tertiary/aromatic N) is 3. The molecule has 0 unspecified atom stereocenters. The quantitative estimate of drug-likeness (QED) is 0.459. The summed E-state index contributed by atoms with van der Waals surface area (Å²) in [6, 6.07) is 4.32. The molecular formula is C17H20N4O4S. The lowest BCUT2D eigenvalue weighted by atomic mass is 9.89. The van der Waals surface area contributed by atoms with Crippen LogP contribution in [0.25, 0.3) is 0 Å². The third kappa shape index (κ3) is 4.60. The smallest absolute Gasteiger partial charge is 0.277 e. The highest BCUT2D eigenvalue weighted by atomic mass is 32.2. The number of nitrogens with one attached hydrogen (secondary N) is 1. The Morgan fingerprint density at radius 1 is 1.35 bits per heavy atom. The van der Waals surface area contributed by atoms with Crippen LogP contribution in [0.1, 0.15) is 49.5 Å². The van der Waals surface area contributed by atoms with Gasteiger partial charge in [0.25, 0.3) is 10.9 Å². The zero-order valence-electron chi connectivity index (χ0n) is 14.4. The van der Waals surface area contributed by atoms with E-state index in [2.05, 4.69) is 15.5 Å². The predicted octanol–water partition coefficient (Wildman–Crippen LogP) is 4.06. The van der Waals surface area contributed by atoms with Gasteiger partial charge in [-0.25, -0.2) is 0 Å². The fraction of sp³-hybridized carbons (Fsp3) is 0.471. The highest BCUT2D eigenvalue weighted by Gasteiger charge is 2.21. The van der Waals surface area contributed by atoms with Gasteiger partial charge in [-0.05, 0) is 31.4 Å². The Hall–Kier alpha value is -2.42. The van der Waals surface area contributed by atoms with Crippen molar-refractivity contribution < 1.29 is 14.1 Å². The van der Waals surface area contributed by atoms with Crippen molar-refractivity contribution in [3.8, 4) is 0 Å². The molecule has 0 spiro atoms. The largest absolute Gasteiger partial charge is 0.416 e. The molecule has 0 bridgehead atoms. The molecule has 1 aliphatic carbocycles. The lowest BCUT2D eigenvalue weighted by molar-refractivity contribution is -0.384. The first-order chi connectivity index (χ1) is 12.5. The Morgan fingerprint density at radius 3 is 2.81 bits per heavy atom. The van der Waals surface area contributed by atoms with Crippen molar-refractivity contribution in [2.45, 2.75) is 50.2 Å². The van der Waals surface area contributed by atoms with Gasteiger partial charge in [-0.2, -0.15) is 0 Å². The topological polar surface area (TPSA) is 111 Å². The van der Waals surface area contributed by atoms with Crippen LogP contribution >= 0.6 is 11.8 Å². The first kappa shape index (κ1) is 18.4. The van der Waals surface area contributed by atoms with Gasteiger partial charge >= 0.3 is 0 Å². The SMILES string of the molecule is Cc1cc([N+](=O)[O-])ccc1NC(=O)CSc1nnc(C2CCCCC2)o1. The van der Waals surface area contributed by atoms with E-state index in [1.165, 1.54) is 49.2 Å². The highest BCUT2D eigenvalue weighted by Crippen LogP contribution is 2.33. The average Bonchev–Trinajstić information content (AvgIpc) is 3.11. The van der Waals surface area contributed by atoms with Crippen LogP contribution in [0.15, 0.2) is 27.8 Å². The summed E-state index contributed by atoms with van der Waals surface area (Å²) in [6.07, 6.45) is 5.78. The zero-order valence-corrected chi connectivity index (χ0v) is 15.3. The summed E-state index contributed by atoms with van der Waals surface area (Å²) >= 11 is 1.19. The van der Waals surface area contributed by atoms with E-state index in [0.717, 1.165) is 12.8 Å². The molecular weight excluding hydrogens is 356 g/mol. The molecule has 9 heteroatoms. The summed E-state index contributed by atoms with van der Waals surface area (Å²) in [5.74, 6) is 0.897. The number of amides is 1. The number of rotatable bonds is 6. The van der Waals surface area contributed by atoms with Gasteiger partial charge in [0, 0.05) is 23.7 Å². The van der Waals surface area contributed by atoms with E-state index < -0.39 is 4.92 Å². The molecule has 1 aliphatic rings. The van der Waals surface area contributed by atoms with Crippen LogP contribution in [0.4, 0.5) is 11.4 Å². The van der Waals surface area contributed by atoms with E-state index in [1.807, 2.05) is 0 Å². The predicted molar refractivity (Wildman–Crippen MR) is 97.3 cm³/mol. The minimum absolute atomic E-state index is 0.00373. The average molecular weight is 376 g/mol. The Kier molecular flexibility index (Phi) is 5.87. The highest BCUT2D eigenvalue weighted by molar-refractivity contribution is 7.99. The number of nitro groups is 1.